The quantitative estimate of drug-likeness (QED) is 0.745. The van der Waals surface area contributed by atoms with E-state index in [9.17, 15) is 13.6 Å². The highest BCUT2D eigenvalue weighted by atomic mass is 19.2. The largest absolute Gasteiger partial charge is 0.420 e. The lowest BCUT2D eigenvalue weighted by molar-refractivity contribution is 0.134. The Kier molecular flexibility index (Phi) is 5.89. The van der Waals surface area contributed by atoms with Crippen LogP contribution in [0.1, 0.15) is 51.9 Å². The van der Waals surface area contributed by atoms with Gasteiger partial charge < -0.3 is 9.32 Å². The van der Waals surface area contributed by atoms with Crippen LogP contribution in [0.2, 0.25) is 0 Å². The zero-order valence-electron chi connectivity index (χ0n) is 14.8. The first-order chi connectivity index (χ1) is 12.1. The molecule has 6 heteroatoms. The van der Waals surface area contributed by atoms with Crippen LogP contribution < -0.4 is 5.76 Å². The number of nitrogens with zero attached hydrogens (tertiary/aromatic N) is 2. The van der Waals surface area contributed by atoms with E-state index >= 15 is 0 Å². The number of piperidine rings is 1. The fourth-order valence-electron chi connectivity index (χ4n) is 3.84. The smallest absolute Gasteiger partial charge is 0.404 e. The van der Waals surface area contributed by atoms with Crippen molar-refractivity contribution >= 4 is 11.1 Å². The molecule has 0 aliphatic carbocycles. The first-order valence-electron chi connectivity index (χ1n) is 9.33. The normalized spacial score (nSPS) is 18.9. The highest BCUT2D eigenvalue weighted by Crippen LogP contribution is 2.23. The molecular formula is C19H26F2N2O2. The van der Waals surface area contributed by atoms with Crippen molar-refractivity contribution in [3.05, 3.63) is 34.3 Å². The van der Waals surface area contributed by atoms with Crippen molar-refractivity contribution in [2.45, 2.75) is 64.5 Å². The molecule has 0 amide bonds. The second kappa shape index (κ2) is 8.13. The van der Waals surface area contributed by atoms with Gasteiger partial charge in [0.15, 0.2) is 11.4 Å². The summed E-state index contributed by atoms with van der Waals surface area (Å²) in [5, 5.41) is 0. The third-order valence-electron chi connectivity index (χ3n) is 5.20. The zero-order chi connectivity index (χ0) is 17.8. The first-order valence-corrected chi connectivity index (χ1v) is 9.33. The molecule has 0 bridgehead atoms. The molecule has 4 nitrogen and oxygen atoms in total. The summed E-state index contributed by atoms with van der Waals surface area (Å²) in [7, 11) is 0. The van der Waals surface area contributed by atoms with Gasteiger partial charge in [-0.15, -0.1) is 0 Å². The lowest BCUT2D eigenvalue weighted by Crippen LogP contribution is -2.40. The molecule has 3 rings (SSSR count). The Hall–Kier alpha value is -1.69. The Morgan fingerprint density at radius 1 is 1.20 bits per heavy atom. The lowest BCUT2D eigenvalue weighted by atomic mass is 9.97. The van der Waals surface area contributed by atoms with E-state index in [2.05, 4.69) is 11.8 Å². The van der Waals surface area contributed by atoms with Gasteiger partial charge in [-0.1, -0.05) is 26.2 Å². The SMILES string of the molecule is CCCCC1CCCCN1CCCn1c(=O)oc2c(F)c(F)ccc21. The molecule has 2 heterocycles. The molecule has 1 aliphatic rings. The number of hydrogen-bond acceptors (Lipinski definition) is 3. The molecule has 0 radical (unpaired) electrons. The van der Waals surface area contributed by atoms with Gasteiger partial charge in [0.05, 0.1) is 5.52 Å². The number of oxazole rings is 1. The van der Waals surface area contributed by atoms with Gasteiger partial charge in [-0.25, -0.2) is 9.18 Å². The van der Waals surface area contributed by atoms with Gasteiger partial charge in [-0.05, 0) is 44.4 Å². The van der Waals surface area contributed by atoms with Gasteiger partial charge >= 0.3 is 5.76 Å². The van der Waals surface area contributed by atoms with E-state index in [1.54, 1.807) is 0 Å². The third kappa shape index (κ3) is 3.94. The van der Waals surface area contributed by atoms with Crippen LogP contribution >= 0.6 is 0 Å². The van der Waals surface area contributed by atoms with Crippen LogP contribution in [0.5, 0.6) is 0 Å². The molecule has 1 saturated heterocycles. The Morgan fingerprint density at radius 3 is 2.84 bits per heavy atom. The Balaban J connectivity index is 1.65. The molecule has 1 aromatic carbocycles. The Labute approximate surface area is 146 Å². The molecule has 2 aromatic rings. The second-order valence-corrected chi connectivity index (χ2v) is 6.91. The maximum absolute atomic E-state index is 13.7. The number of benzene rings is 1. The van der Waals surface area contributed by atoms with E-state index in [0.717, 1.165) is 25.6 Å². The first kappa shape index (κ1) is 18.1. The van der Waals surface area contributed by atoms with E-state index in [-0.39, 0.29) is 5.58 Å². The van der Waals surface area contributed by atoms with Crippen LogP contribution in [0.25, 0.3) is 11.1 Å². The van der Waals surface area contributed by atoms with Crippen molar-refractivity contribution in [1.29, 1.82) is 0 Å². The molecule has 0 spiro atoms. The van der Waals surface area contributed by atoms with E-state index in [1.165, 1.54) is 49.2 Å². The van der Waals surface area contributed by atoms with E-state index in [4.69, 9.17) is 4.42 Å². The molecule has 1 fully saturated rings. The number of unbranched alkanes of at least 4 members (excludes halogenated alkanes) is 1. The fourth-order valence-corrected chi connectivity index (χ4v) is 3.84. The Morgan fingerprint density at radius 2 is 2.04 bits per heavy atom. The summed E-state index contributed by atoms with van der Waals surface area (Å²) in [4.78, 5) is 14.5. The van der Waals surface area contributed by atoms with Gasteiger partial charge in [0.1, 0.15) is 0 Å². The van der Waals surface area contributed by atoms with Crippen LogP contribution in [0.3, 0.4) is 0 Å². The number of rotatable bonds is 7. The van der Waals surface area contributed by atoms with Crippen LogP contribution in [0.15, 0.2) is 21.3 Å². The average molecular weight is 352 g/mol. The minimum Gasteiger partial charge on any atom is -0.404 e. The summed E-state index contributed by atoms with van der Waals surface area (Å²) in [6.45, 7) is 4.69. The number of aromatic nitrogens is 1. The summed E-state index contributed by atoms with van der Waals surface area (Å²) in [5.41, 5.74) is 0.0360. The number of fused-ring (bicyclic) bond motifs is 1. The summed E-state index contributed by atoms with van der Waals surface area (Å²) in [6.07, 6.45) is 8.24. The van der Waals surface area contributed by atoms with Gasteiger partial charge in [0.25, 0.3) is 0 Å². The zero-order valence-corrected chi connectivity index (χ0v) is 14.8. The molecule has 0 saturated carbocycles. The lowest BCUT2D eigenvalue weighted by Gasteiger charge is -2.35. The van der Waals surface area contributed by atoms with Gasteiger partial charge in [-0.3, -0.25) is 4.57 Å². The predicted octanol–water partition coefficient (Wildman–Crippen LogP) is 4.31. The van der Waals surface area contributed by atoms with Crippen molar-refractivity contribution in [1.82, 2.24) is 9.47 Å². The van der Waals surface area contributed by atoms with Crippen LogP contribution in [-0.2, 0) is 6.54 Å². The number of halogens is 2. The van der Waals surface area contributed by atoms with Crippen molar-refractivity contribution in [3.8, 4) is 0 Å². The second-order valence-electron chi connectivity index (χ2n) is 6.91. The van der Waals surface area contributed by atoms with Crippen molar-refractivity contribution < 1.29 is 13.2 Å². The van der Waals surface area contributed by atoms with Crippen LogP contribution in [-0.4, -0.2) is 28.6 Å². The molecular weight excluding hydrogens is 326 g/mol. The van der Waals surface area contributed by atoms with E-state index in [0.29, 0.717) is 18.1 Å². The molecule has 1 aromatic heterocycles. The molecule has 1 aliphatic heterocycles. The Bertz CT molecular complexity index is 769. The minimum absolute atomic E-state index is 0.288. The van der Waals surface area contributed by atoms with Crippen molar-refractivity contribution in [2.24, 2.45) is 0 Å². The van der Waals surface area contributed by atoms with Crippen LogP contribution in [0, 0.1) is 11.6 Å². The maximum atomic E-state index is 13.7. The van der Waals surface area contributed by atoms with Gasteiger partial charge in [-0.2, -0.15) is 4.39 Å². The van der Waals surface area contributed by atoms with Gasteiger partial charge in [0, 0.05) is 19.1 Å². The predicted molar refractivity (Wildman–Crippen MR) is 93.7 cm³/mol. The standard InChI is InChI=1S/C19H26F2N2O2/c1-2-3-7-14-8-4-5-11-22(14)12-6-13-23-16-10-9-15(20)17(21)18(16)25-19(23)24/h9-10,14H,2-8,11-13H2,1H3. The maximum Gasteiger partial charge on any atom is 0.420 e. The minimum atomic E-state index is -1.09. The number of likely N-dealkylation sites (tertiary alicyclic amines) is 1. The summed E-state index contributed by atoms with van der Waals surface area (Å²) in [5.74, 6) is -2.72. The van der Waals surface area contributed by atoms with Crippen molar-refractivity contribution in [3.63, 3.8) is 0 Å². The van der Waals surface area contributed by atoms with Crippen LogP contribution in [0.4, 0.5) is 8.78 Å². The van der Waals surface area contributed by atoms with E-state index in [1.807, 2.05) is 0 Å². The molecule has 25 heavy (non-hydrogen) atoms. The van der Waals surface area contributed by atoms with E-state index < -0.39 is 17.4 Å². The number of aryl methyl sites for hydroxylation is 1. The molecule has 1 unspecified atom stereocenters. The van der Waals surface area contributed by atoms with Crippen molar-refractivity contribution in [2.75, 3.05) is 13.1 Å². The molecule has 1 atom stereocenters. The third-order valence-corrected chi connectivity index (χ3v) is 5.20. The molecule has 0 N–H and O–H groups in total. The summed E-state index contributed by atoms with van der Waals surface area (Å²) < 4.78 is 33.3. The average Bonchev–Trinajstić information content (AvgIpc) is 2.94. The number of hydrogen-bond donors (Lipinski definition) is 0. The van der Waals surface area contributed by atoms with Gasteiger partial charge in [0.2, 0.25) is 5.82 Å². The summed E-state index contributed by atoms with van der Waals surface area (Å²) in [6, 6.07) is 3.08. The fraction of sp³-hybridized carbons (Fsp3) is 0.632. The topological polar surface area (TPSA) is 38.4 Å². The highest BCUT2D eigenvalue weighted by molar-refractivity contribution is 5.73. The highest BCUT2D eigenvalue weighted by Gasteiger charge is 2.22. The molecule has 138 valence electrons. The summed E-state index contributed by atoms with van der Waals surface area (Å²) >= 11 is 0. The monoisotopic (exact) mass is 352 g/mol.